The molecule has 6 nitrogen and oxygen atoms in total. The first-order chi connectivity index (χ1) is 8.53. The molecule has 0 bridgehead atoms. The van der Waals surface area contributed by atoms with Crippen molar-refractivity contribution in [3.63, 3.8) is 0 Å². The van der Waals surface area contributed by atoms with Crippen molar-refractivity contribution in [1.82, 2.24) is 0 Å². The number of benzene rings is 1. The molecule has 1 aromatic carbocycles. The lowest BCUT2D eigenvalue weighted by Gasteiger charge is -2.06. The number of hydrogen-bond donors (Lipinski definition) is 1. The molecular weight excluding hydrogens is 292 g/mol. The van der Waals surface area contributed by atoms with Gasteiger partial charge in [-0.15, -0.1) is 0 Å². The predicted octanol–water partition coefficient (Wildman–Crippen LogP) is 0.512. The van der Waals surface area contributed by atoms with Gasteiger partial charge in [-0.2, -0.15) is 0 Å². The van der Waals surface area contributed by atoms with E-state index in [-0.39, 0.29) is 10.5 Å². The number of carbonyl (C=O) groups is 1. The van der Waals surface area contributed by atoms with E-state index in [9.17, 15) is 21.6 Å². The van der Waals surface area contributed by atoms with E-state index in [1.165, 1.54) is 12.1 Å². The van der Waals surface area contributed by atoms with E-state index >= 15 is 0 Å². The Morgan fingerprint density at radius 1 is 1.16 bits per heavy atom. The van der Waals surface area contributed by atoms with E-state index in [2.05, 4.69) is 0 Å². The Morgan fingerprint density at radius 3 is 2.21 bits per heavy atom. The van der Waals surface area contributed by atoms with Crippen LogP contribution in [0.5, 0.6) is 0 Å². The molecule has 0 saturated carbocycles. The van der Waals surface area contributed by atoms with E-state index < -0.39 is 37.1 Å². The second-order valence-corrected chi connectivity index (χ2v) is 8.60. The molecule has 0 spiro atoms. The highest BCUT2D eigenvalue weighted by atomic mass is 32.2. The van der Waals surface area contributed by atoms with Crippen LogP contribution in [0.3, 0.4) is 0 Å². The second kappa shape index (κ2) is 5.30. The van der Waals surface area contributed by atoms with Crippen LogP contribution < -0.4 is 0 Å². The molecule has 1 N–H and O–H groups in total. The number of sulfone groups is 2. The molecule has 1 aromatic rings. The molecule has 0 aromatic heterocycles. The van der Waals surface area contributed by atoms with Crippen LogP contribution in [0, 0.1) is 6.92 Å². The third kappa shape index (κ3) is 4.32. The van der Waals surface area contributed by atoms with Gasteiger partial charge in [0.25, 0.3) is 0 Å². The van der Waals surface area contributed by atoms with Gasteiger partial charge >= 0.3 is 5.97 Å². The van der Waals surface area contributed by atoms with Gasteiger partial charge in [0.1, 0.15) is 9.84 Å². The zero-order valence-corrected chi connectivity index (χ0v) is 12.1. The topological polar surface area (TPSA) is 106 Å². The summed E-state index contributed by atoms with van der Waals surface area (Å²) in [7, 11) is -7.20. The van der Waals surface area contributed by atoms with Crippen LogP contribution in [-0.4, -0.2) is 45.7 Å². The summed E-state index contributed by atoms with van der Waals surface area (Å²) >= 11 is 0. The minimum absolute atomic E-state index is 0.111. The molecule has 0 radical (unpaired) electrons. The Bertz CT molecular complexity index is 701. The predicted molar refractivity (Wildman–Crippen MR) is 69.9 cm³/mol. The van der Waals surface area contributed by atoms with Crippen molar-refractivity contribution in [3.05, 3.63) is 29.3 Å². The smallest absolute Gasteiger partial charge is 0.335 e. The fourth-order valence-corrected chi connectivity index (χ4v) is 4.30. The number of carboxylic acid groups (broad SMARTS) is 1. The normalized spacial score (nSPS) is 12.3. The molecule has 0 aliphatic rings. The first-order valence-electron chi connectivity index (χ1n) is 5.27. The van der Waals surface area contributed by atoms with Crippen LogP contribution in [0.1, 0.15) is 15.9 Å². The minimum atomic E-state index is -3.81. The van der Waals surface area contributed by atoms with Gasteiger partial charge in [0.15, 0.2) is 9.84 Å². The monoisotopic (exact) mass is 306 g/mol. The number of aromatic carboxylic acids is 1. The maximum atomic E-state index is 11.9. The summed E-state index contributed by atoms with van der Waals surface area (Å²) in [6.07, 6.45) is 0.945. The van der Waals surface area contributed by atoms with Crippen molar-refractivity contribution in [2.75, 3.05) is 17.8 Å². The summed E-state index contributed by atoms with van der Waals surface area (Å²) in [5, 5.41) is 8.92. The Kier molecular flexibility index (Phi) is 4.36. The summed E-state index contributed by atoms with van der Waals surface area (Å²) in [5.74, 6) is -2.28. The first kappa shape index (κ1) is 15.6. The zero-order valence-electron chi connectivity index (χ0n) is 10.5. The van der Waals surface area contributed by atoms with Crippen LogP contribution in [0.2, 0.25) is 0 Å². The molecule has 0 unspecified atom stereocenters. The van der Waals surface area contributed by atoms with E-state index in [0.29, 0.717) is 5.56 Å². The lowest BCUT2D eigenvalue weighted by Crippen LogP contribution is -2.17. The summed E-state index contributed by atoms with van der Waals surface area (Å²) in [5.41, 5.74) is 0.329. The standard InChI is InChI=1S/C11H14O6S2/c1-8-3-4-9(7-10(8)11(12)13)19(16,17)6-5-18(2,14)15/h3-4,7H,5-6H2,1-2H3,(H,12,13). The third-order valence-electron chi connectivity index (χ3n) is 2.52. The Morgan fingerprint density at radius 2 is 1.74 bits per heavy atom. The molecule has 0 aliphatic heterocycles. The molecule has 1 rings (SSSR count). The van der Waals surface area contributed by atoms with Crippen LogP contribution >= 0.6 is 0 Å². The van der Waals surface area contributed by atoms with Crippen molar-refractivity contribution in [3.8, 4) is 0 Å². The molecule has 0 aliphatic carbocycles. The zero-order chi connectivity index (χ0) is 14.8. The fourth-order valence-electron chi connectivity index (χ4n) is 1.40. The highest BCUT2D eigenvalue weighted by Gasteiger charge is 2.19. The Balaban J connectivity index is 3.16. The quantitative estimate of drug-likeness (QED) is 0.849. The van der Waals surface area contributed by atoms with Crippen LogP contribution in [0.15, 0.2) is 23.1 Å². The summed E-state index contributed by atoms with van der Waals surface area (Å²) < 4.78 is 45.8. The van der Waals surface area contributed by atoms with Crippen molar-refractivity contribution >= 4 is 25.6 Å². The molecule has 19 heavy (non-hydrogen) atoms. The number of aryl methyl sites for hydroxylation is 1. The first-order valence-corrected chi connectivity index (χ1v) is 8.98. The Labute approximate surface area is 111 Å². The van der Waals surface area contributed by atoms with Crippen LogP contribution in [0.4, 0.5) is 0 Å². The van der Waals surface area contributed by atoms with Crippen molar-refractivity contribution in [2.45, 2.75) is 11.8 Å². The highest BCUT2D eigenvalue weighted by Crippen LogP contribution is 2.17. The maximum Gasteiger partial charge on any atom is 0.335 e. The minimum Gasteiger partial charge on any atom is -0.478 e. The molecule has 0 amide bonds. The van der Waals surface area contributed by atoms with Crippen molar-refractivity contribution in [2.24, 2.45) is 0 Å². The van der Waals surface area contributed by atoms with E-state index in [1.807, 2.05) is 0 Å². The molecule has 0 heterocycles. The van der Waals surface area contributed by atoms with Crippen LogP contribution in [-0.2, 0) is 19.7 Å². The number of carboxylic acids is 1. The molecule has 0 atom stereocenters. The second-order valence-electron chi connectivity index (χ2n) is 4.23. The average Bonchev–Trinajstić information content (AvgIpc) is 2.25. The van der Waals surface area contributed by atoms with Gasteiger partial charge in [0.2, 0.25) is 0 Å². The van der Waals surface area contributed by atoms with E-state index in [0.717, 1.165) is 12.3 Å². The average molecular weight is 306 g/mol. The van der Waals surface area contributed by atoms with Crippen molar-refractivity contribution < 1.29 is 26.7 Å². The molecular formula is C11H14O6S2. The number of rotatable bonds is 5. The molecule has 106 valence electrons. The van der Waals surface area contributed by atoms with E-state index in [1.54, 1.807) is 6.92 Å². The van der Waals surface area contributed by atoms with Crippen molar-refractivity contribution in [1.29, 1.82) is 0 Å². The SMILES string of the molecule is Cc1ccc(S(=O)(=O)CCS(C)(=O)=O)cc1C(=O)O. The fraction of sp³-hybridized carbons (Fsp3) is 0.364. The van der Waals surface area contributed by atoms with Gasteiger partial charge in [-0.05, 0) is 24.6 Å². The summed E-state index contributed by atoms with van der Waals surface area (Å²) in [4.78, 5) is 10.7. The highest BCUT2D eigenvalue weighted by molar-refractivity contribution is 7.94. The summed E-state index contributed by atoms with van der Waals surface area (Å²) in [6, 6.07) is 3.71. The van der Waals surface area contributed by atoms with Gasteiger partial charge in [-0.3, -0.25) is 0 Å². The number of hydrogen-bond acceptors (Lipinski definition) is 5. The van der Waals surface area contributed by atoms with Gasteiger partial charge in [0, 0.05) is 6.26 Å². The van der Waals surface area contributed by atoms with Crippen LogP contribution in [0.25, 0.3) is 0 Å². The third-order valence-corrected chi connectivity index (χ3v) is 5.44. The lowest BCUT2D eigenvalue weighted by atomic mass is 10.1. The largest absolute Gasteiger partial charge is 0.478 e. The summed E-state index contributed by atoms with van der Waals surface area (Å²) in [6.45, 7) is 1.55. The van der Waals surface area contributed by atoms with Gasteiger partial charge < -0.3 is 5.11 Å². The Hall–Kier alpha value is -1.41. The maximum absolute atomic E-state index is 11.9. The molecule has 0 fully saturated rings. The molecule has 0 saturated heterocycles. The van der Waals surface area contributed by atoms with Gasteiger partial charge in [-0.25, -0.2) is 21.6 Å². The lowest BCUT2D eigenvalue weighted by molar-refractivity contribution is 0.0696. The molecule has 8 heteroatoms. The van der Waals surface area contributed by atoms with Gasteiger partial charge in [0.05, 0.1) is 22.0 Å². The van der Waals surface area contributed by atoms with Gasteiger partial charge in [-0.1, -0.05) is 6.07 Å². The van der Waals surface area contributed by atoms with E-state index in [4.69, 9.17) is 5.11 Å².